The third kappa shape index (κ3) is 4.47. The van der Waals surface area contributed by atoms with Crippen LogP contribution >= 0.6 is 0 Å². The Labute approximate surface area is 167 Å². The highest BCUT2D eigenvalue weighted by atomic mass is 16.2. The molecule has 2 saturated heterocycles. The van der Waals surface area contributed by atoms with E-state index in [2.05, 4.69) is 45.4 Å². The van der Waals surface area contributed by atoms with Gasteiger partial charge in [0.05, 0.1) is 5.56 Å². The fourth-order valence-corrected chi connectivity index (χ4v) is 4.13. The van der Waals surface area contributed by atoms with E-state index in [4.69, 9.17) is 0 Å². The van der Waals surface area contributed by atoms with Gasteiger partial charge in [0.15, 0.2) is 0 Å². The molecule has 0 unspecified atom stereocenters. The van der Waals surface area contributed by atoms with E-state index in [9.17, 15) is 4.79 Å². The van der Waals surface area contributed by atoms with Crippen molar-refractivity contribution in [1.29, 1.82) is 0 Å². The number of hydrogen-bond donors (Lipinski definition) is 1. The smallest absolute Gasteiger partial charge is 0.255 e. The van der Waals surface area contributed by atoms with Crippen LogP contribution in [0.1, 0.15) is 23.2 Å². The molecule has 0 radical (unpaired) electrons. The van der Waals surface area contributed by atoms with Gasteiger partial charge in [-0.1, -0.05) is 30.3 Å². The van der Waals surface area contributed by atoms with Gasteiger partial charge in [-0.25, -0.2) is 0 Å². The summed E-state index contributed by atoms with van der Waals surface area (Å²) in [5.74, 6) is 0.164. The van der Waals surface area contributed by atoms with Crippen molar-refractivity contribution in [2.75, 3.05) is 62.6 Å². The number of hydrogen-bond acceptors (Lipinski definition) is 4. The normalized spacial score (nSPS) is 17.7. The lowest BCUT2D eigenvalue weighted by atomic mass is 10.1. The third-order valence-electron chi connectivity index (χ3n) is 5.79. The second-order valence-electron chi connectivity index (χ2n) is 7.64. The van der Waals surface area contributed by atoms with E-state index in [-0.39, 0.29) is 5.91 Å². The van der Waals surface area contributed by atoms with Gasteiger partial charge in [0, 0.05) is 63.7 Å². The Kier molecular flexibility index (Phi) is 6.12. The van der Waals surface area contributed by atoms with Crippen molar-refractivity contribution in [2.24, 2.45) is 0 Å². The van der Waals surface area contributed by atoms with Gasteiger partial charge in [-0.3, -0.25) is 9.69 Å². The molecule has 0 bridgehead atoms. The zero-order chi connectivity index (χ0) is 19.2. The molecule has 0 aliphatic carbocycles. The summed E-state index contributed by atoms with van der Waals surface area (Å²) in [6, 6.07) is 18.6. The summed E-state index contributed by atoms with van der Waals surface area (Å²) in [6.07, 6.45) is 2.24. The average Bonchev–Trinajstić information content (AvgIpc) is 3.30. The Balaban J connectivity index is 1.26. The fraction of sp³-hybridized carbons (Fsp3) is 0.435. The number of carbonyl (C=O) groups excluding carboxylic acids is 1. The molecule has 0 saturated carbocycles. The number of nitrogens with one attached hydrogen (secondary N) is 1. The van der Waals surface area contributed by atoms with Crippen molar-refractivity contribution in [3.63, 3.8) is 0 Å². The molecule has 2 aliphatic heterocycles. The van der Waals surface area contributed by atoms with Crippen molar-refractivity contribution in [3.8, 4) is 0 Å². The van der Waals surface area contributed by atoms with Gasteiger partial charge < -0.3 is 15.1 Å². The number of piperazine rings is 1. The molecule has 1 amide bonds. The summed E-state index contributed by atoms with van der Waals surface area (Å²) >= 11 is 0. The van der Waals surface area contributed by atoms with Gasteiger partial charge in [0.25, 0.3) is 5.91 Å². The Morgan fingerprint density at radius 1 is 0.821 bits per heavy atom. The molecule has 4 rings (SSSR count). The number of likely N-dealkylation sites (tertiary alicyclic amines) is 1. The summed E-state index contributed by atoms with van der Waals surface area (Å²) < 4.78 is 0. The number of amides is 1. The van der Waals surface area contributed by atoms with Gasteiger partial charge in [0.1, 0.15) is 0 Å². The predicted molar refractivity (Wildman–Crippen MR) is 115 cm³/mol. The molecule has 2 aromatic carbocycles. The van der Waals surface area contributed by atoms with Gasteiger partial charge >= 0.3 is 0 Å². The van der Waals surface area contributed by atoms with Crippen molar-refractivity contribution in [1.82, 2.24) is 9.80 Å². The van der Waals surface area contributed by atoms with E-state index in [1.807, 2.05) is 29.2 Å². The summed E-state index contributed by atoms with van der Waals surface area (Å²) in [5, 5.41) is 3.51. The largest absolute Gasteiger partial charge is 0.383 e. The number of anilines is 2. The SMILES string of the molecule is O=C(c1ccccc1NCCN1CCN(c2ccccc2)CC1)N1CCCC1. The second-order valence-corrected chi connectivity index (χ2v) is 7.64. The molecule has 0 aromatic heterocycles. The number of carbonyl (C=O) groups is 1. The molecule has 5 heteroatoms. The Bertz CT molecular complexity index is 765. The fourth-order valence-electron chi connectivity index (χ4n) is 4.13. The van der Waals surface area contributed by atoms with Crippen LogP contribution < -0.4 is 10.2 Å². The third-order valence-corrected chi connectivity index (χ3v) is 5.79. The minimum absolute atomic E-state index is 0.164. The molecular weight excluding hydrogens is 348 g/mol. The Morgan fingerprint density at radius 2 is 1.50 bits per heavy atom. The van der Waals surface area contributed by atoms with Crippen molar-refractivity contribution in [3.05, 3.63) is 60.2 Å². The zero-order valence-electron chi connectivity index (χ0n) is 16.5. The highest BCUT2D eigenvalue weighted by molar-refractivity contribution is 5.99. The van der Waals surface area contributed by atoms with Crippen molar-refractivity contribution in [2.45, 2.75) is 12.8 Å². The van der Waals surface area contributed by atoms with Crippen molar-refractivity contribution >= 4 is 17.3 Å². The van der Waals surface area contributed by atoms with Gasteiger partial charge in [-0.05, 0) is 37.1 Å². The van der Waals surface area contributed by atoms with Crippen LogP contribution in [-0.4, -0.2) is 68.1 Å². The predicted octanol–water partition coefficient (Wildman–Crippen LogP) is 3.16. The van der Waals surface area contributed by atoms with Crippen LogP contribution in [0.4, 0.5) is 11.4 Å². The lowest BCUT2D eigenvalue weighted by molar-refractivity contribution is 0.0793. The van der Waals surface area contributed by atoms with Gasteiger partial charge in [0.2, 0.25) is 0 Å². The topological polar surface area (TPSA) is 38.8 Å². The molecule has 2 fully saturated rings. The number of rotatable bonds is 6. The van der Waals surface area contributed by atoms with Crippen LogP contribution in [0.15, 0.2) is 54.6 Å². The van der Waals surface area contributed by atoms with E-state index < -0.39 is 0 Å². The van der Waals surface area contributed by atoms with Gasteiger partial charge in [-0.15, -0.1) is 0 Å². The maximum atomic E-state index is 12.8. The zero-order valence-corrected chi connectivity index (χ0v) is 16.5. The van der Waals surface area contributed by atoms with Crippen LogP contribution in [-0.2, 0) is 0 Å². The maximum absolute atomic E-state index is 12.8. The minimum atomic E-state index is 0.164. The molecule has 0 spiro atoms. The maximum Gasteiger partial charge on any atom is 0.255 e. The van der Waals surface area contributed by atoms with E-state index >= 15 is 0 Å². The first-order valence-corrected chi connectivity index (χ1v) is 10.5. The molecule has 5 nitrogen and oxygen atoms in total. The highest BCUT2D eigenvalue weighted by Crippen LogP contribution is 2.20. The standard InChI is InChI=1S/C23H30N4O/c28-23(27-13-6-7-14-27)21-10-4-5-11-22(21)24-12-15-25-16-18-26(19-17-25)20-8-2-1-3-9-20/h1-5,8-11,24H,6-7,12-19H2. The second kappa shape index (κ2) is 9.11. The van der Waals surface area contributed by atoms with Crippen LogP contribution in [0.25, 0.3) is 0 Å². The van der Waals surface area contributed by atoms with Crippen LogP contribution in [0.5, 0.6) is 0 Å². The first-order chi connectivity index (χ1) is 13.8. The quantitative estimate of drug-likeness (QED) is 0.838. The summed E-state index contributed by atoms with van der Waals surface area (Å²) in [7, 11) is 0. The Morgan fingerprint density at radius 3 is 2.25 bits per heavy atom. The Hall–Kier alpha value is -2.53. The molecule has 2 aliphatic rings. The number of benzene rings is 2. The average molecular weight is 379 g/mol. The molecule has 148 valence electrons. The van der Waals surface area contributed by atoms with Crippen LogP contribution in [0, 0.1) is 0 Å². The van der Waals surface area contributed by atoms with Crippen LogP contribution in [0.3, 0.4) is 0 Å². The monoisotopic (exact) mass is 378 g/mol. The molecule has 28 heavy (non-hydrogen) atoms. The van der Waals surface area contributed by atoms with Crippen LogP contribution in [0.2, 0.25) is 0 Å². The molecule has 2 aromatic rings. The van der Waals surface area contributed by atoms with Gasteiger partial charge in [-0.2, -0.15) is 0 Å². The van der Waals surface area contributed by atoms with Crippen molar-refractivity contribution < 1.29 is 4.79 Å². The summed E-state index contributed by atoms with van der Waals surface area (Å²) in [5.41, 5.74) is 3.08. The highest BCUT2D eigenvalue weighted by Gasteiger charge is 2.22. The lowest BCUT2D eigenvalue weighted by Crippen LogP contribution is -2.47. The first kappa shape index (κ1) is 18.8. The summed E-state index contributed by atoms with van der Waals surface area (Å²) in [4.78, 5) is 19.7. The molecule has 0 atom stereocenters. The number of nitrogens with zero attached hydrogens (tertiary/aromatic N) is 3. The molecular formula is C23H30N4O. The molecule has 2 heterocycles. The lowest BCUT2D eigenvalue weighted by Gasteiger charge is -2.36. The van der Waals surface area contributed by atoms with E-state index in [0.717, 1.165) is 76.5 Å². The summed E-state index contributed by atoms with van der Waals surface area (Å²) in [6.45, 7) is 7.90. The molecule has 1 N–H and O–H groups in total. The number of para-hydroxylation sites is 2. The minimum Gasteiger partial charge on any atom is -0.383 e. The first-order valence-electron chi connectivity index (χ1n) is 10.5. The van der Waals surface area contributed by atoms with E-state index in [1.54, 1.807) is 0 Å². The van der Waals surface area contributed by atoms with E-state index in [1.165, 1.54) is 5.69 Å². The van der Waals surface area contributed by atoms with E-state index in [0.29, 0.717) is 0 Å².